The number of amides is 1. The fraction of sp³-hybridized carbons (Fsp3) is 0.619. The molecule has 0 unspecified atom stereocenters. The number of aliphatic imine (C=N–C) groups is 1. The second-order valence-corrected chi connectivity index (χ2v) is 8.79. The third kappa shape index (κ3) is 11.7. The number of rotatable bonds is 7. The summed E-state index contributed by atoms with van der Waals surface area (Å²) < 4.78 is 40.4. The normalized spacial score (nSPS) is 16.2. The summed E-state index contributed by atoms with van der Waals surface area (Å²) in [4.78, 5) is 18.4. The lowest BCUT2D eigenvalue weighted by atomic mass is 9.97. The third-order valence-corrected chi connectivity index (χ3v) is 4.75. The molecule has 0 aliphatic carbocycles. The molecule has 1 aromatic carbocycles. The number of alkyl halides is 3. The number of guanidine groups is 1. The van der Waals surface area contributed by atoms with E-state index in [2.05, 4.69) is 25.3 Å². The Labute approximate surface area is 204 Å². The van der Waals surface area contributed by atoms with Crippen molar-refractivity contribution in [3.8, 4) is 5.75 Å². The van der Waals surface area contributed by atoms with E-state index in [1.165, 1.54) is 24.3 Å². The lowest BCUT2D eigenvalue weighted by Gasteiger charge is -2.32. The number of halogens is 4. The molecule has 0 radical (unpaired) electrons. The summed E-state index contributed by atoms with van der Waals surface area (Å²) >= 11 is 0. The van der Waals surface area contributed by atoms with Gasteiger partial charge in [-0.3, -0.25) is 9.69 Å². The van der Waals surface area contributed by atoms with Gasteiger partial charge in [0.1, 0.15) is 5.75 Å². The number of carbonyl (C=O) groups excluding carboxylic acids is 1. The van der Waals surface area contributed by atoms with Crippen molar-refractivity contribution in [2.24, 2.45) is 16.6 Å². The molecule has 1 saturated heterocycles. The number of hydrogen-bond acceptors (Lipinski definition) is 4. The Kier molecular flexibility index (Phi) is 11.0. The van der Waals surface area contributed by atoms with E-state index in [4.69, 9.17) is 5.73 Å². The summed E-state index contributed by atoms with van der Waals surface area (Å²) in [6.07, 6.45) is -2.78. The van der Waals surface area contributed by atoms with Crippen molar-refractivity contribution in [1.82, 2.24) is 15.5 Å². The molecule has 0 aromatic heterocycles. The van der Waals surface area contributed by atoms with Crippen LogP contribution in [0.5, 0.6) is 5.75 Å². The summed E-state index contributed by atoms with van der Waals surface area (Å²) in [5.74, 6) is 0.504. The van der Waals surface area contributed by atoms with Gasteiger partial charge in [-0.25, -0.2) is 4.99 Å². The first-order valence-corrected chi connectivity index (χ1v) is 10.3. The third-order valence-electron chi connectivity index (χ3n) is 4.75. The van der Waals surface area contributed by atoms with Crippen molar-refractivity contribution < 1.29 is 22.7 Å². The van der Waals surface area contributed by atoms with Gasteiger partial charge in [0.05, 0.1) is 13.1 Å². The van der Waals surface area contributed by atoms with Gasteiger partial charge in [0.25, 0.3) is 0 Å². The van der Waals surface area contributed by atoms with Gasteiger partial charge in [-0.2, -0.15) is 0 Å². The molecule has 32 heavy (non-hydrogen) atoms. The van der Waals surface area contributed by atoms with E-state index in [1.807, 2.05) is 20.8 Å². The number of hydrogen-bond donors (Lipinski definition) is 3. The van der Waals surface area contributed by atoms with E-state index >= 15 is 0 Å². The van der Waals surface area contributed by atoms with Crippen molar-refractivity contribution in [3.63, 3.8) is 0 Å². The second kappa shape index (κ2) is 12.5. The van der Waals surface area contributed by atoms with E-state index in [1.54, 1.807) is 0 Å². The van der Waals surface area contributed by atoms with E-state index in [9.17, 15) is 18.0 Å². The van der Waals surface area contributed by atoms with Gasteiger partial charge in [0.2, 0.25) is 5.91 Å². The maximum absolute atomic E-state index is 12.2. The van der Waals surface area contributed by atoms with Crippen LogP contribution in [0.3, 0.4) is 0 Å². The molecule has 1 aliphatic heterocycles. The Balaban J connectivity index is 0.00000512. The first-order chi connectivity index (χ1) is 14.4. The minimum atomic E-state index is -4.71. The Morgan fingerprint density at radius 2 is 1.78 bits per heavy atom. The fourth-order valence-corrected chi connectivity index (χ4v) is 3.29. The number of nitrogens with zero attached hydrogens (tertiary/aromatic N) is 2. The predicted molar refractivity (Wildman–Crippen MR) is 129 cm³/mol. The molecule has 182 valence electrons. The Morgan fingerprint density at radius 1 is 1.19 bits per heavy atom. The lowest BCUT2D eigenvalue weighted by molar-refractivity contribution is -0.274. The van der Waals surface area contributed by atoms with Crippen molar-refractivity contribution >= 4 is 35.8 Å². The first kappa shape index (κ1) is 28.3. The molecule has 1 aliphatic rings. The molecule has 0 saturated carbocycles. The van der Waals surface area contributed by atoms with Crippen LogP contribution >= 0.6 is 24.0 Å². The average Bonchev–Trinajstić information content (AvgIpc) is 2.64. The Morgan fingerprint density at radius 3 is 2.31 bits per heavy atom. The minimum Gasteiger partial charge on any atom is -0.406 e. The van der Waals surface area contributed by atoms with Crippen molar-refractivity contribution in [2.45, 2.75) is 52.1 Å². The van der Waals surface area contributed by atoms with Gasteiger partial charge >= 0.3 is 6.36 Å². The molecular formula is C21H33F3IN5O2. The zero-order chi connectivity index (χ0) is 23.1. The average molecular weight is 571 g/mol. The maximum atomic E-state index is 12.2. The number of nitrogens with two attached hydrogens (primary N) is 1. The van der Waals surface area contributed by atoms with Crippen molar-refractivity contribution in [3.05, 3.63) is 29.8 Å². The first-order valence-electron chi connectivity index (χ1n) is 10.3. The van der Waals surface area contributed by atoms with Gasteiger partial charge in [-0.05, 0) is 70.3 Å². The van der Waals surface area contributed by atoms with Crippen LogP contribution in [0.4, 0.5) is 13.2 Å². The highest BCUT2D eigenvalue weighted by Gasteiger charge is 2.31. The van der Waals surface area contributed by atoms with Gasteiger partial charge in [0.15, 0.2) is 5.96 Å². The Bertz CT molecular complexity index is 743. The molecule has 0 bridgehead atoms. The summed E-state index contributed by atoms with van der Waals surface area (Å²) in [5.41, 5.74) is 6.40. The highest BCUT2D eigenvalue weighted by Crippen LogP contribution is 2.23. The number of carbonyl (C=O) groups is 1. The van der Waals surface area contributed by atoms with Crippen molar-refractivity contribution in [2.75, 3.05) is 26.2 Å². The van der Waals surface area contributed by atoms with Crippen molar-refractivity contribution in [1.29, 1.82) is 0 Å². The van der Waals surface area contributed by atoms with Gasteiger partial charge in [0, 0.05) is 12.1 Å². The van der Waals surface area contributed by atoms with Crippen LogP contribution in [-0.2, 0) is 11.3 Å². The smallest absolute Gasteiger partial charge is 0.406 e. The summed E-state index contributed by atoms with van der Waals surface area (Å²) in [5, 5.41) is 6.08. The van der Waals surface area contributed by atoms with E-state index < -0.39 is 6.36 Å². The van der Waals surface area contributed by atoms with Crippen LogP contribution in [0.2, 0.25) is 0 Å². The molecule has 1 aromatic rings. The van der Waals surface area contributed by atoms with Crippen LogP contribution in [0, 0.1) is 5.92 Å². The number of piperidine rings is 1. The molecule has 4 N–H and O–H groups in total. The zero-order valence-corrected chi connectivity index (χ0v) is 21.0. The fourth-order valence-electron chi connectivity index (χ4n) is 3.29. The molecule has 11 heteroatoms. The summed E-state index contributed by atoms with van der Waals surface area (Å²) in [6, 6.07) is 5.53. The zero-order valence-electron chi connectivity index (χ0n) is 18.7. The maximum Gasteiger partial charge on any atom is 0.573 e. The topological polar surface area (TPSA) is 92.0 Å². The lowest BCUT2D eigenvalue weighted by Crippen LogP contribution is -2.48. The predicted octanol–water partition coefficient (Wildman–Crippen LogP) is 3.23. The molecule has 1 fully saturated rings. The second-order valence-electron chi connectivity index (χ2n) is 8.79. The number of benzene rings is 1. The van der Waals surface area contributed by atoms with Crippen LogP contribution in [0.25, 0.3) is 0 Å². The highest BCUT2D eigenvalue weighted by molar-refractivity contribution is 14.0. The van der Waals surface area contributed by atoms with Gasteiger partial charge in [-0.15, -0.1) is 37.1 Å². The quantitative estimate of drug-likeness (QED) is 0.266. The van der Waals surface area contributed by atoms with E-state index in [0.717, 1.165) is 31.5 Å². The monoisotopic (exact) mass is 571 g/mol. The van der Waals surface area contributed by atoms with Crippen LogP contribution in [-0.4, -0.2) is 54.8 Å². The van der Waals surface area contributed by atoms with Crippen LogP contribution < -0.4 is 21.1 Å². The minimum absolute atomic E-state index is 0. The van der Waals surface area contributed by atoms with E-state index in [-0.39, 0.29) is 47.7 Å². The largest absolute Gasteiger partial charge is 0.573 e. The van der Waals surface area contributed by atoms with Gasteiger partial charge < -0.3 is 21.1 Å². The molecular weight excluding hydrogens is 538 g/mol. The number of ether oxygens (including phenoxy) is 1. The van der Waals surface area contributed by atoms with Crippen LogP contribution in [0.15, 0.2) is 29.3 Å². The molecule has 2 rings (SSSR count). The number of likely N-dealkylation sites (tertiary alicyclic amines) is 1. The summed E-state index contributed by atoms with van der Waals surface area (Å²) in [7, 11) is 0. The van der Waals surface area contributed by atoms with E-state index in [0.29, 0.717) is 25.0 Å². The van der Waals surface area contributed by atoms with Crippen LogP contribution in [0.1, 0.15) is 39.2 Å². The molecule has 1 heterocycles. The standard InChI is InChI=1S/C21H32F3N5O2.HI/c1-20(2,3)28-18(30)14-29-10-8-16(9-11-29)13-27-19(25)26-12-15-4-6-17(7-5-15)31-21(22,23)24;/h4-7,16H,8-14H2,1-3H3,(H,28,30)(H3,25,26,27);1H. The SMILES string of the molecule is CC(C)(C)NC(=O)CN1CCC(CNC(N)=NCc2ccc(OC(F)(F)F)cc2)CC1.I. The molecule has 7 nitrogen and oxygen atoms in total. The molecule has 1 amide bonds. The molecule has 0 atom stereocenters. The van der Waals surface area contributed by atoms with Gasteiger partial charge in [-0.1, -0.05) is 12.1 Å². The summed E-state index contributed by atoms with van der Waals surface area (Å²) in [6.45, 7) is 8.96. The number of nitrogens with one attached hydrogen (secondary N) is 2. The Hall–Kier alpha value is -1.76. The molecule has 0 spiro atoms. The highest BCUT2D eigenvalue weighted by atomic mass is 127.